The molecule has 1 atom stereocenters. The van der Waals surface area contributed by atoms with Crippen LogP contribution in [0.5, 0.6) is 0 Å². The molecule has 2 aliphatic rings. The second-order valence-corrected chi connectivity index (χ2v) is 5.76. The highest BCUT2D eigenvalue weighted by atomic mass is 16.2. The van der Waals surface area contributed by atoms with Crippen molar-refractivity contribution in [1.82, 2.24) is 15.5 Å². The molecule has 22 heavy (non-hydrogen) atoms. The molecule has 0 bridgehead atoms. The van der Waals surface area contributed by atoms with Gasteiger partial charge in [-0.1, -0.05) is 12.1 Å². The van der Waals surface area contributed by atoms with Crippen molar-refractivity contribution in [2.75, 3.05) is 26.2 Å². The van der Waals surface area contributed by atoms with Crippen molar-refractivity contribution in [2.45, 2.75) is 12.8 Å². The number of nitrogens with zero attached hydrogens (tertiary/aromatic N) is 1. The molecule has 0 aromatic heterocycles. The van der Waals surface area contributed by atoms with Crippen molar-refractivity contribution in [2.24, 2.45) is 5.92 Å². The smallest absolute Gasteiger partial charge is 0.253 e. The predicted molar refractivity (Wildman–Crippen MR) is 80.2 cm³/mol. The first-order valence-corrected chi connectivity index (χ1v) is 7.56. The fourth-order valence-corrected chi connectivity index (χ4v) is 2.89. The maximum absolute atomic E-state index is 12.3. The Hall–Kier alpha value is -2.21. The lowest BCUT2D eigenvalue weighted by atomic mass is 9.97. The Kier molecular flexibility index (Phi) is 4.20. The molecule has 2 N–H and O–H groups in total. The summed E-state index contributed by atoms with van der Waals surface area (Å²) in [4.78, 5) is 36.9. The molecule has 116 valence electrons. The minimum absolute atomic E-state index is 0.0434. The maximum atomic E-state index is 12.3. The van der Waals surface area contributed by atoms with Crippen molar-refractivity contribution in [3.05, 3.63) is 35.4 Å². The number of nitrogens with one attached hydrogen (secondary N) is 2. The molecule has 3 rings (SSSR count). The second-order valence-electron chi connectivity index (χ2n) is 5.76. The molecular formula is C16H19N3O3. The van der Waals surface area contributed by atoms with Gasteiger partial charge >= 0.3 is 0 Å². The summed E-state index contributed by atoms with van der Waals surface area (Å²) in [6.45, 7) is 3.11. The Balaban J connectivity index is 1.63. The Morgan fingerprint density at radius 1 is 1.14 bits per heavy atom. The molecule has 1 aromatic carbocycles. The van der Waals surface area contributed by atoms with Crippen LogP contribution in [0, 0.1) is 5.92 Å². The quantitative estimate of drug-likeness (QED) is 0.767. The molecule has 0 saturated carbocycles. The Labute approximate surface area is 128 Å². The molecular weight excluding hydrogens is 282 g/mol. The van der Waals surface area contributed by atoms with E-state index in [1.54, 1.807) is 12.1 Å². The average molecular weight is 301 g/mol. The zero-order valence-electron chi connectivity index (χ0n) is 12.3. The first kappa shape index (κ1) is 14.7. The van der Waals surface area contributed by atoms with Crippen LogP contribution in [0.3, 0.4) is 0 Å². The van der Waals surface area contributed by atoms with Gasteiger partial charge in [0.2, 0.25) is 11.8 Å². The number of amides is 3. The molecule has 6 nitrogen and oxygen atoms in total. The SMILES string of the molecule is O=C1CC(Cc2ccc(C(=O)N3CCNCC3)cc2)C(=O)N1. The van der Waals surface area contributed by atoms with Crippen LogP contribution in [-0.2, 0) is 16.0 Å². The van der Waals surface area contributed by atoms with Gasteiger partial charge in [0, 0.05) is 38.2 Å². The van der Waals surface area contributed by atoms with Crippen molar-refractivity contribution >= 4 is 17.7 Å². The number of hydrogen-bond donors (Lipinski definition) is 2. The number of carbonyl (C=O) groups excluding carboxylic acids is 3. The normalized spacial score (nSPS) is 21.8. The largest absolute Gasteiger partial charge is 0.336 e. The lowest BCUT2D eigenvalue weighted by molar-refractivity contribution is -0.125. The summed E-state index contributed by atoms with van der Waals surface area (Å²) in [5.74, 6) is -0.657. The van der Waals surface area contributed by atoms with Crippen LogP contribution in [0.4, 0.5) is 0 Å². The molecule has 0 aliphatic carbocycles. The molecule has 0 radical (unpaired) electrons. The zero-order valence-corrected chi connectivity index (χ0v) is 12.3. The first-order valence-electron chi connectivity index (χ1n) is 7.56. The molecule has 2 fully saturated rings. The lowest BCUT2D eigenvalue weighted by Gasteiger charge is -2.27. The van der Waals surface area contributed by atoms with Crippen LogP contribution >= 0.6 is 0 Å². The van der Waals surface area contributed by atoms with Gasteiger partial charge in [-0.3, -0.25) is 19.7 Å². The van der Waals surface area contributed by atoms with E-state index in [1.807, 2.05) is 17.0 Å². The van der Waals surface area contributed by atoms with Crippen LogP contribution < -0.4 is 10.6 Å². The van der Waals surface area contributed by atoms with Gasteiger partial charge in [-0.2, -0.15) is 0 Å². The number of carbonyl (C=O) groups is 3. The molecule has 1 unspecified atom stereocenters. The summed E-state index contributed by atoms with van der Waals surface area (Å²) in [6, 6.07) is 7.33. The van der Waals surface area contributed by atoms with E-state index in [2.05, 4.69) is 10.6 Å². The van der Waals surface area contributed by atoms with Crippen LogP contribution in [0.25, 0.3) is 0 Å². The van der Waals surface area contributed by atoms with Gasteiger partial charge in [-0.15, -0.1) is 0 Å². The van der Waals surface area contributed by atoms with Crippen molar-refractivity contribution in [1.29, 1.82) is 0 Å². The van der Waals surface area contributed by atoms with Crippen LogP contribution in [-0.4, -0.2) is 48.8 Å². The summed E-state index contributed by atoms with van der Waals surface area (Å²) < 4.78 is 0. The monoisotopic (exact) mass is 301 g/mol. The van der Waals surface area contributed by atoms with E-state index in [0.29, 0.717) is 12.0 Å². The van der Waals surface area contributed by atoms with Crippen LogP contribution in [0.2, 0.25) is 0 Å². The predicted octanol–water partition coefficient (Wildman–Crippen LogP) is -0.0628. The zero-order chi connectivity index (χ0) is 15.5. The van der Waals surface area contributed by atoms with Gasteiger partial charge < -0.3 is 10.2 Å². The molecule has 2 saturated heterocycles. The molecule has 0 spiro atoms. The highest BCUT2D eigenvalue weighted by Gasteiger charge is 2.30. The second kappa shape index (κ2) is 6.27. The highest BCUT2D eigenvalue weighted by Crippen LogP contribution is 2.18. The van der Waals surface area contributed by atoms with Crippen molar-refractivity contribution < 1.29 is 14.4 Å². The van der Waals surface area contributed by atoms with Gasteiger partial charge in [0.05, 0.1) is 5.92 Å². The average Bonchev–Trinajstić information content (AvgIpc) is 2.86. The van der Waals surface area contributed by atoms with E-state index in [0.717, 1.165) is 31.7 Å². The fourth-order valence-electron chi connectivity index (χ4n) is 2.89. The Morgan fingerprint density at radius 3 is 2.41 bits per heavy atom. The number of benzene rings is 1. The van der Waals surface area contributed by atoms with Gasteiger partial charge in [0.1, 0.15) is 0 Å². The Bertz CT molecular complexity index is 591. The number of piperazine rings is 1. The van der Waals surface area contributed by atoms with E-state index < -0.39 is 0 Å². The maximum Gasteiger partial charge on any atom is 0.253 e. The third-order valence-corrected chi connectivity index (χ3v) is 4.15. The van der Waals surface area contributed by atoms with Crippen molar-refractivity contribution in [3.8, 4) is 0 Å². The van der Waals surface area contributed by atoms with Gasteiger partial charge in [-0.05, 0) is 24.1 Å². The summed E-state index contributed by atoms with van der Waals surface area (Å²) in [5, 5.41) is 5.53. The van der Waals surface area contributed by atoms with E-state index in [9.17, 15) is 14.4 Å². The topological polar surface area (TPSA) is 78.5 Å². The number of rotatable bonds is 3. The van der Waals surface area contributed by atoms with E-state index in [4.69, 9.17) is 0 Å². The van der Waals surface area contributed by atoms with Crippen molar-refractivity contribution in [3.63, 3.8) is 0 Å². The minimum Gasteiger partial charge on any atom is -0.336 e. The van der Waals surface area contributed by atoms with Gasteiger partial charge in [0.25, 0.3) is 5.91 Å². The molecule has 2 aliphatic heterocycles. The first-order chi connectivity index (χ1) is 10.6. The van der Waals surface area contributed by atoms with E-state index in [1.165, 1.54) is 0 Å². The number of hydrogen-bond acceptors (Lipinski definition) is 4. The van der Waals surface area contributed by atoms with E-state index in [-0.39, 0.29) is 30.1 Å². The van der Waals surface area contributed by atoms with Crippen LogP contribution in [0.1, 0.15) is 22.3 Å². The summed E-state index contributed by atoms with van der Waals surface area (Å²) in [5.41, 5.74) is 1.63. The Morgan fingerprint density at radius 2 is 1.82 bits per heavy atom. The fraction of sp³-hybridized carbons (Fsp3) is 0.438. The molecule has 6 heteroatoms. The van der Waals surface area contributed by atoms with Gasteiger partial charge in [0.15, 0.2) is 0 Å². The third-order valence-electron chi connectivity index (χ3n) is 4.15. The molecule has 3 amide bonds. The summed E-state index contributed by atoms with van der Waals surface area (Å²) in [7, 11) is 0. The molecule has 2 heterocycles. The summed E-state index contributed by atoms with van der Waals surface area (Å²) in [6.07, 6.45) is 0.778. The number of imide groups is 1. The van der Waals surface area contributed by atoms with Crippen LogP contribution in [0.15, 0.2) is 24.3 Å². The molecule has 1 aromatic rings. The van der Waals surface area contributed by atoms with E-state index >= 15 is 0 Å². The minimum atomic E-state index is -0.290. The lowest BCUT2D eigenvalue weighted by Crippen LogP contribution is -2.46. The highest BCUT2D eigenvalue weighted by molar-refractivity contribution is 6.03. The third kappa shape index (κ3) is 3.17. The summed E-state index contributed by atoms with van der Waals surface area (Å²) >= 11 is 0. The standard InChI is InChI=1S/C16H19N3O3/c20-14-10-13(15(21)18-14)9-11-1-3-12(4-2-11)16(22)19-7-5-17-6-8-19/h1-4,13,17H,5-10H2,(H,18,20,21). The van der Waals surface area contributed by atoms with Gasteiger partial charge in [-0.25, -0.2) is 0 Å².